The van der Waals surface area contributed by atoms with Crippen LogP contribution in [-0.2, 0) is 0 Å². The summed E-state index contributed by atoms with van der Waals surface area (Å²) in [6.45, 7) is 7.65. The number of likely N-dealkylation sites (N-methyl/N-ethyl adjacent to an activating group) is 1. The number of nitrogens with one attached hydrogen (secondary N) is 1. The molecule has 2 N–H and O–H groups in total. The molecule has 0 aliphatic heterocycles. The molecule has 2 heteroatoms. The lowest BCUT2D eigenvalue weighted by atomic mass is 10.0. The van der Waals surface area contributed by atoms with Crippen LogP contribution < -0.4 is 5.32 Å². The Balaban J connectivity index is 3.92. The quantitative estimate of drug-likeness (QED) is 0.574. The summed E-state index contributed by atoms with van der Waals surface area (Å²) in [6.07, 6.45) is 0.459. The molecular weight excluding hydrogens is 126 g/mol. The van der Waals surface area contributed by atoms with E-state index in [9.17, 15) is 5.11 Å². The third-order valence-electron chi connectivity index (χ3n) is 1.64. The van der Waals surface area contributed by atoms with Crippen LogP contribution in [0.5, 0.6) is 0 Å². The lowest BCUT2D eigenvalue weighted by Gasteiger charge is -2.21. The van der Waals surface area contributed by atoms with Crippen LogP contribution in [0, 0.1) is 0 Å². The number of hydrogen-bond acceptors (Lipinski definition) is 2. The molecule has 0 heterocycles. The van der Waals surface area contributed by atoms with Crippen molar-refractivity contribution in [3.05, 3.63) is 12.2 Å². The molecule has 60 valence electrons. The zero-order valence-corrected chi connectivity index (χ0v) is 7.02. The minimum atomic E-state index is -0.303. The van der Waals surface area contributed by atoms with Crippen LogP contribution in [0.3, 0.4) is 0 Å². The van der Waals surface area contributed by atoms with Crippen LogP contribution in [0.2, 0.25) is 0 Å². The van der Waals surface area contributed by atoms with E-state index in [1.54, 1.807) is 0 Å². The number of rotatable bonds is 4. The molecule has 0 aromatic heterocycles. The van der Waals surface area contributed by atoms with Crippen LogP contribution in [0.15, 0.2) is 12.2 Å². The number of aliphatic hydroxyl groups is 1. The monoisotopic (exact) mass is 143 g/mol. The fourth-order valence-corrected chi connectivity index (χ4v) is 1.00. The highest BCUT2D eigenvalue weighted by Gasteiger charge is 2.14. The van der Waals surface area contributed by atoms with Gasteiger partial charge in [-0.2, -0.15) is 0 Å². The van der Waals surface area contributed by atoms with Gasteiger partial charge in [0.05, 0.1) is 12.1 Å². The number of aliphatic hydroxyl groups excluding tert-OH is 1. The summed E-state index contributed by atoms with van der Waals surface area (Å²) in [7, 11) is 1.83. The van der Waals surface area contributed by atoms with E-state index in [4.69, 9.17) is 0 Å². The number of hydrogen-bond donors (Lipinski definition) is 2. The first kappa shape index (κ1) is 9.66. The zero-order chi connectivity index (χ0) is 8.15. The molecule has 0 saturated heterocycles. The van der Waals surface area contributed by atoms with E-state index >= 15 is 0 Å². The second-order valence-electron chi connectivity index (χ2n) is 2.59. The molecule has 0 aliphatic carbocycles. The summed E-state index contributed by atoms with van der Waals surface area (Å²) < 4.78 is 0. The van der Waals surface area contributed by atoms with Gasteiger partial charge in [-0.3, -0.25) is 0 Å². The molecule has 10 heavy (non-hydrogen) atoms. The van der Waals surface area contributed by atoms with Crippen molar-refractivity contribution in [1.29, 1.82) is 0 Å². The minimum Gasteiger partial charge on any atom is -0.391 e. The molecule has 0 fully saturated rings. The first-order valence-corrected chi connectivity index (χ1v) is 3.64. The van der Waals surface area contributed by atoms with E-state index in [-0.39, 0.29) is 12.1 Å². The average molecular weight is 143 g/mol. The zero-order valence-electron chi connectivity index (χ0n) is 7.02. The van der Waals surface area contributed by atoms with Gasteiger partial charge in [0.25, 0.3) is 0 Å². The Morgan fingerprint density at radius 1 is 1.70 bits per heavy atom. The van der Waals surface area contributed by atoms with Crippen LogP contribution in [0.25, 0.3) is 0 Å². The van der Waals surface area contributed by atoms with Gasteiger partial charge in [0.1, 0.15) is 0 Å². The Hall–Kier alpha value is -0.340. The van der Waals surface area contributed by atoms with Crippen molar-refractivity contribution in [3.8, 4) is 0 Å². The topological polar surface area (TPSA) is 32.3 Å². The molecule has 2 nitrogen and oxygen atoms in total. The molecule has 0 bridgehead atoms. The first-order chi connectivity index (χ1) is 4.63. The van der Waals surface area contributed by atoms with Gasteiger partial charge in [0.15, 0.2) is 0 Å². The summed E-state index contributed by atoms with van der Waals surface area (Å²) >= 11 is 0. The van der Waals surface area contributed by atoms with Crippen LogP contribution in [0.4, 0.5) is 0 Å². The van der Waals surface area contributed by atoms with Crippen molar-refractivity contribution in [3.63, 3.8) is 0 Å². The maximum Gasteiger partial charge on any atom is 0.0728 e. The van der Waals surface area contributed by atoms with Gasteiger partial charge >= 0.3 is 0 Å². The van der Waals surface area contributed by atoms with E-state index in [0.717, 1.165) is 12.0 Å². The van der Waals surface area contributed by atoms with Crippen molar-refractivity contribution in [2.45, 2.75) is 32.4 Å². The van der Waals surface area contributed by atoms with Gasteiger partial charge in [0, 0.05) is 0 Å². The highest BCUT2D eigenvalue weighted by molar-refractivity contribution is 5.04. The van der Waals surface area contributed by atoms with Crippen LogP contribution in [-0.4, -0.2) is 24.3 Å². The van der Waals surface area contributed by atoms with Crippen molar-refractivity contribution in [2.75, 3.05) is 7.05 Å². The largest absolute Gasteiger partial charge is 0.391 e. The fourth-order valence-electron chi connectivity index (χ4n) is 1.00. The molecule has 0 aromatic carbocycles. The summed E-state index contributed by atoms with van der Waals surface area (Å²) in [6, 6.07) is 0.0463. The Morgan fingerprint density at radius 3 is 2.30 bits per heavy atom. The first-order valence-electron chi connectivity index (χ1n) is 3.64. The Kier molecular flexibility index (Phi) is 4.32. The molecule has 0 unspecified atom stereocenters. The molecule has 0 rings (SSSR count). The third kappa shape index (κ3) is 2.50. The van der Waals surface area contributed by atoms with Crippen molar-refractivity contribution in [1.82, 2.24) is 5.32 Å². The van der Waals surface area contributed by atoms with Gasteiger partial charge in [-0.25, -0.2) is 0 Å². The van der Waals surface area contributed by atoms with E-state index in [2.05, 4.69) is 11.9 Å². The molecule has 0 aliphatic rings. The van der Waals surface area contributed by atoms with E-state index in [1.807, 2.05) is 20.9 Å². The lowest BCUT2D eigenvalue weighted by Crippen LogP contribution is -2.37. The van der Waals surface area contributed by atoms with Gasteiger partial charge in [-0.15, -0.1) is 0 Å². The highest BCUT2D eigenvalue weighted by Crippen LogP contribution is 2.05. The predicted molar refractivity (Wildman–Crippen MR) is 44.0 cm³/mol. The maximum atomic E-state index is 9.36. The third-order valence-corrected chi connectivity index (χ3v) is 1.64. The van der Waals surface area contributed by atoms with Gasteiger partial charge < -0.3 is 10.4 Å². The van der Waals surface area contributed by atoms with Crippen molar-refractivity contribution >= 4 is 0 Å². The molecule has 0 aromatic rings. The molecule has 0 radical (unpaired) electrons. The standard InChI is InChI=1S/C8H17NO/c1-5-7(10)8(9-4)6(2)3/h7-10H,2,5H2,1,3-4H3/t7-,8+/m0/s1. The van der Waals surface area contributed by atoms with Gasteiger partial charge in [0.2, 0.25) is 0 Å². The summed E-state index contributed by atoms with van der Waals surface area (Å²) in [4.78, 5) is 0. The molecule has 0 spiro atoms. The summed E-state index contributed by atoms with van der Waals surface area (Å²) in [5, 5.41) is 12.4. The van der Waals surface area contributed by atoms with Crippen LogP contribution in [0.1, 0.15) is 20.3 Å². The smallest absolute Gasteiger partial charge is 0.0728 e. The van der Waals surface area contributed by atoms with E-state index < -0.39 is 0 Å². The maximum absolute atomic E-state index is 9.36. The van der Waals surface area contributed by atoms with Gasteiger partial charge in [-0.1, -0.05) is 19.1 Å². The lowest BCUT2D eigenvalue weighted by molar-refractivity contribution is 0.141. The predicted octanol–water partition coefficient (Wildman–Crippen LogP) is 0.921. The van der Waals surface area contributed by atoms with E-state index in [1.165, 1.54) is 0 Å². The molecule has 0 saturated carbocycles. The molecule has 0 amide bonds. The van der Waals surface area contributed by atoms with Crippen molar-refractivity contribution in [2.24, 2.45) is 0 Å². The molecular formula is C8H17NO. The Morgan fingerprint density at radius 2 is 2.20 bits per heavy atom. The van der Waals surface area contributed by atoms with E-state index in [0.29, 0.717) is 0 Å². The second-order valence-corrected chi connectivity index (χ2v) is 2.59. The normalized spacial score (nSPS) is 16.4. The minimum absolute atomic E-state index is 0.0463. The Bertz CT molecular complexity index is 112. The molecule has 2 atom stereocenters. The highest BCUT2D eigenvalue weighted by atomic mass is 16.3. The fraction of sp³-hybridized carbons (Fsp3) is 0.750. The SMILES string of the molecule is C=C(C)[C@@H](NC)[C@@H](O)CC. The summed E-state index contributed by atoms with van der Waals surface area (Å²) in [5.74, 6) is 0. The average Bonchev–Trinajstić information content (AvgIpc) is 1.88. The van der Waals surface area contributed by atoms with Gasteiger partial charge in [-0.05, 0) is 20.4 Å². The van der Waals surface area contributed by atoms with Crippen molar-refractivity contribution < 1.29 is 5.11 Å². The summed E-state index contributed by atoms with van der Waals surface area (Å²) in [5.41, 5.74) is 0.983. The van der Waals surface area contributed by atoms with Crippen LogP contribution >= 0.6 is 0 Å². The Labute approximate surface area is 62.9 Å². The second kappa shape index (κ2) is 4.47.